The number of likely N-dealkylation sites (tertiary alicyclic amines) is 1. The molecule has 0 aromatic rings. The standard InChI is InChI=1S/C19H35NO/c1-14(2)16-9-10-19(21)17(12-16)13-20-11-5-7-15-6-3-4-8-18(15)20/h14-19,21H,3-13H2,1-2H3. The van der Waals surface area contributed by atoms with E-state index in [1.54, 1.807) is 0 Å². The molecule has 0 bridgehead atoms. The first-order valence-corrected chi connectivity index (χ1v) is 9.57. The molecule has 2 nitrogen and oxygen atoms in total. The minimum Gasteiger partial charge on any atom is -0.393 e. The molecule has 1 heterocycles. The van der Waals surface area contributed by atoms with Crippen LogP contribution in [0, 0.1) is 23.7 Å². The van der Waals surface area contributed by atoms with E-state index in [1.165, 1.54) is 64.5 Å². The second-order valence-corrected chi connectivity index (χ2v) is 8.39. The molecule has 2 aliphatic carbocycles. The van der Waals surface area contributed by atoms with Crippen molar-refractivity contribution >= 4 is 0 Å². The first-order valence-electron chi connectivity index (χ1n) is 9.57. The highest BCUT2D eigenvalue weighted by atomic mass is 16.3. The molecule has 21 heavy (non-hydrogen) atoms. The van der Waals surface area contributed by atoms with E-state index >= 15 is 0 Å². The van der Waals surface area contributed by atoms with Crippen LogP contribution in [0.3, 0.4) is 0 Å². The number of fused-ring (bicyclic) bond motifs is 1. The quantitative estimate of drug-likeness (QED) is 0.847. The Balaban J connectivity index is 1.61. The SMILES string of the molecule is CC(C)C1CCC(O)C(CN2CCCC3CCCCC32)C1. The van der Waals surface area contributed by atoms with Crippen molar-refractivity contribution < 1.29 is 5.11 Å². The molecule has 1 saturated heterocycles. The Kier molecular flexibility index (Phi) is 5.27. The highest BCUT2D eigenvalue weighted by molar-refractivity contribution is 4.90. The van der Waals surface area contributed by atoms with Crippen LogP contribution in [0.1, 0.15) is 71.6 Å². The fraction of sp³-hybridized carbons (Fsp3) is 1.00. The number of aliphatic hydroxyl groups excluding tert-OH is 1. The molecule has 5 atom stereocenters. The minimum absolute atomic E-state index is 0.0380. The molecule has 5 unspecified atom stereocenters. The van der Waals surface area contributed by atoms with Gasteiger partial charge in [0.15, 0.2) is 0 Å². The maximum atomic E-state index is 10.5. The Labute approximate surface area is 131 Å². The van der Waals surface area contributed by atoms with Crippen LogP contribution < -0.4 is 0 Å². The topological polar surface area (TPSA) is 23.5 Å². The minimum atomic E-state index is -0.0380. The Morgan fingerprint density at radius 2 is 1.76 bits per heavy atom. The highest BCUT2D eigenvalue weighted by Crippen LogP contribution is 2.39. The lowest BCUT2D eigenvalue weighted by Crippen LogP contribution is -2.50. The van der Waals surface area contributed by atoms with Crippen molar-refractivity contribution in [2.45, 2.75) is 83.8 Å². The van der Waals surface area contributed by atoms with E-state index in [0.717, 1.165) is 30.2 Å². The molecule has 2 saturated carbocycles. The van der Waals surface area contributed by atoms with Crippen LogP contribution in [0.2, 0.25) is 0 Å². The molecule has 0 spiro atoms. The highest BCUT2D eigenvalue weighted by Gasteiger charge is 2.37. The van der Waals surface area contributed by atoms with Crippen molar-refractivity contribution in [1.29, 1.82) is 0 Å². The number of nitrogens with zero attached hydrogens (tertiary/aromatic N) is 1. The third-order valence-corrected chi connectivity index (χ3v) is 6.75. The van der Waals surface area contributed by atoms with Gasteiger partial charge < -0.3 is 5.11 Å². The van der Waals surface area contributed by atoms with E-state index < -0.39 is 0 Å². The second kappa shape index (κ2) is 7.00. The van der Waals surface area contributed by atoms with Crippen molar-refractivity contribution in [3.63, 3.8) is 0 Å². The molecule has 0 radical (unpaired) electrons. The van der Waals surface area contributed by atoms with Crippen LogP contribution in [0.15, 0.2) is 0 Å². The van der Waals surface area contributed by atoms with Crippen LogP contribution >= 0.6 is 0 Å². The molecule has 1 N–H and O–H groups in total. The summed E-state index contributed by atoms with van der Waals surface area (Å²) in [5.41, 5.74) is 0. The van der Waals surface area contributed by atoms with Gasteiger partial charge in [0.1, 0.15) is 0 Å². The van der Waals surface area contributed by atoms with Gasteiger partial charge in [0.2, 0.25) is 0 Å². The molecule has 0 aromatic heterocycles. The Hall–Kier alpha value is -0.0800. The zero-order valence-corrected chi connectivity index (χ0v) is 14.1. The fourth-order valence-electron chi connectivity index (χ4n) is 5.34. The lowest BCUT2D eigenvalue weighted by molar-refractivity contribution is -0.0136. The molecule has 3 aliphatic rings. The first-order chi connectivity index (χ1) is 10.1. The van der Waals surface area contributed by atoms with Crippen molar-refractivity contribution in [3.8, 4) is 0 Å². The predicted octanol–water partition coefficient (Wildman–Crippen LogP) is 4.07. The smallest absolute Gasteiger partial charge is 0.0580 e. The van der Waals surface area contributed by atoms with Crippen LogP contribution in [-0.4, -0.2) is 35.2 Å². The van der Waals surface area contributed by atoms with Crippen molar-refractivity contribution in [2.24, 2.45) is 23.7 Å². The van der Waals surface area contributed by atoms with Gasteiger partial charge in [0.05, 0.1) is 6.10 Å². The largest absolute Gasteiger partial charge is 0.393 e. The summed E-state index contributed by atoms with van der Waals surface area (Å²) < 4.78 is 0. The van der Waals surface area contributed by atoms with Crippen LogP contribution in [0.25, 0.3) is 0 Å². The summed E-state index contributed by atoms with van der Waals surface area (Å²) in [7, 11) is 0. The summed E-state index contributed by atoms with van der Waals surface area (Å²) in [6, 6.07) is 0.846. The van der Waals surface area contributed by atoms with Gasteiger partial charge >= 0.3 is 0 Å². The van der Waals surface area contributed by atoms with Gasteiger partial charge in [-0.2, -0.15) is 0 Å². The molecule has 122 valence electrons. The molecule has 3 rings (SSSR count). The second-order valence-electron chi connectivity index (χ2n) is 8.39. The maximum absolute atomic E-state index is 10.5. The van der Waals surface area contributed by atoms with Gasteiger partial charge in [0.25, 0.3) is 0 Å². The maximum Gasteiger partial charge on any atom is 0.0580 e. The zero-order chi connectivity index (χ0) is 14.8. The first kappa shape index (κ1) is 15.8. The average molecular weight is 293 g/mol. The van der Waals surface area contributed by atoms with Crippen LogP contribution in [0.4, 0.5) is 0 Å². The number of aliphatic hydroxyl groups is 1. The molecule has 0 aromatic carbocycles. The van der Waals surface area contributed by atoms with E-state index in [0.29, 0.717) is 5.92 Å². The van der Waals surface area contributed by atoms with Gasteiger partial charge in [0, 0.05) is 12.6 Å². The van der Waals surface area contributed by atoms with Crippen LogP contribution in [-0.2, 0) is 0 Å². The van der Waals surface area contributed by atoms with Gasteiger partial charge in [-0.1, -0.05) is 26.7 Å². The van der Waals surface area contributed by atoms with Gasteiger partial charge in [-0.15, -0.1) is 0 Å². The van der Waals surface area contributed by atoms with E-state index in [-0.39, 0.29) is 6.10 Å². The Morgan fingerprint density at radius 1 is 1.00 bits per heavy atom. The van der Waals surface area contributed by atoms with Crippen molar-refractivity contribution in [2.75, 3.05) is 13.1 Å². The monoisotopic (exact) mass is 293 g/mol. The molecule has 3 fully saturated rings. The number of rotatable bonds is 3. The van der Waals surface area contributed by atoms with E-state index in [2.05, 4.69) is 18.7 Å². The predicted molar refractivity (Wildman–Crippen MR) is 88.2 cm³/mol. The zero-order valence-electron chi connectivity index (χ0n) is 14.1. The number of hydrogen-bond donors (Lipinski definition) is 1. The lowest BCUT2D eigenvalue weighted by atomic mass is 9.73. The summed E-state index contributed by atoms with van der Waals surface area (Å²) in [5.74, 6) is 3.12. The van der Waals surface area contributed by atoms with Crippen molar-refractivity contribution in [1.82, 2.24) is 4.90 Å². The van der Waals surface area contributed by atoms with E-state index in [1.807, 2.05) is 0 Å². The Bertz CT molecular complexity index is 328. The van der Waals surface area contributed by atoms with Gasteiger partial charge in [-0.05, 0) is 75.2 Å². The van der Waals surface area contributed by atoms with Gasteiger partial charge in [-0.25, -0.2) is 0 Å². The molecule has 1 aliphatic heterocycles. The third-order valence-electron chi connectivity index (χ3n) is 6.75. The lowest BCUT2D eigenvalue weighted by Gasteiger charge is -2.47. The summed E-state index contributed by atoms with van der Waals surface area (Å²) in [6.07, 6.45) is 12.1. The molecule has 2 heteroatoms. The summed E-state index contributed by atoms with van der Waals surface area (Å²) in [4.78, 5) is 2.78. The van der Waals surface area contributed by atoms with Crippen molar-refractivity contribution in [3.05, 3.63) is 0 Å². The number of piperidine rings is 1. The fourth-order valence-corrected chi connectivity index (χ4v) is 5.34. The van der Waals surface area contributed by atoms with E-state index in [4.69, 9.17) is 0 Å². The summed E-state index contributed by atoms with van der Waals surface area (Å²) >= 11 is 0. The van der Waals surface area contributed by atoms with Crippen LogP contribution in [0.5, 0.6) is 0 Å². The normalized spacial score (nSPS) is 42.0. The summed E-state index contributed by atoms with van der Waals surface area (Å²) in [6.45, 7) is 7.18. The molecule has 0 amide bonds. The number of hydrogen-bond acceptors (Lipinski definition) is 2. The molecular weight excluding hydrogens is 258 g/mol. The molecular formula is C19H35NO. The van der Waals surface area contributed by atoms with Gasteiger partial charge in [-0.3, -0.25) is 4.90 Å². The van der Waals surface area contributed by atoms with E-state index in [9.17, 15) is 5.11 Å². The average Bonchev–Trinajstić information content (AvgIpc) is 2.49. The Morgan fingerprint density at radius 3 is 2.57 bits per heavy atom. The third kappa shape index (κ3) is 3.64. The summed E-state index contributed by atoms with van der Waals surface area (Å²) in [5, 5.41) is 10.5.